The van der Waals surface area contributed by atoms with Gasteiger partial charge in [-0.3, -0.25) is 20.4 Å². The molecule has 2 aromatic rings. The summed E-state index contributed by atoms with van der Waals surface area (Å²) in [5.74, 6) is 0.182. The summed E-state index contributed by atoms with van der Waals surface area (Å²) in [4.78, 5) is 24.2. The molecular weight excluding hydrogens is 356 g/mol. The average Bonchev–Trinajstić information content (AvgIpc) is 2.66. The predicted molar refractivity (Wildman–Crippen MR) is 99.5 cm³/mol. The zero-order valence-corrected chi connectivity index (χ0v) is 15.4. The molecule has 0 atom stereocenters. The summed E-state index contributed by atoms with van der Waals surface area (Å²) in [5.41, 5.74) is 5.77. The molecule has 6 nitrogen and oxygen atoms in total. The van der Waals surface area contributed by atoms with Crippen LogP contribution in [0.15, 0.2) is 42.5 Å². The van der Waals surface area contributed by atoms with Gasteiger partial charge in [0.05, 0.1) is 20.1 Å². The molecule has 0 heterocycles. The number of halogens is 1. The third-order valence-electron chi connectivity index (χ3n) is 3.51. The largest absolute Gasteiger partial charge is 0.493 e. The molecule has 2 amide bonds. The second kappa shape index (κ2) is 9.68. The lowest BCUT2D eigenvalue weighted by Gasteiger charge is -2.12. The van der Waals surface area contributed by atoms with Crippen LogP contribution in [0.4, 0.5) is 0 Å². The Balaban J connectivity index is 1.94. The van der Waals surface area contributed by atoms with Crippen LogP contribution in [0.2, 0.25) is 5.02 Å². The molecule has 0 radical (unpaired) electrons. The van der Waals surface area contributed by atoms with Crippen LogP contribution in [0.1, 0.15) is 29.3 Å². The number of benzene rings is 2. The van der Waals surface area contributed by atoms with Crippen LogP contribution in [0, 0.1) is 0 Å². The Bertz CT molecular complexity index is 780. The lowest BCUT2D eigenvalue weighted by molar-refractivity contribution is -0.121. The highest BCUT2D eigenvalue weighted by atomic mass is 35.5. The molecule has 0 spiro atoms. The maximum Gasteiger partial charge on any atom is 0.269 e. The van der Waals surface area contributed by atoms with Gasteiger partial charge < -0.3 is 9.47 Å². The molecule has 2 rings (SSSR count). The van der Waals surface area contributed by atoms with Crippen molar-refractivity contribution in [2.24, 2.45) is 0 Å². The molecule has 0 unspecified atom stereocenters. The fourth-order valence-electron chi connectivity index (χ4n) is 2.20. The highest BCUT2D eigenvalue weighted by Gasteiger charge is 2.13. The van der Waals surface area contributed by atoms with Gasteiger partial charge in [0.25, 0.3) is 5.91 Å². The van der Waals surface area contributed by atoms with E-state index in [9.17, 15) is 9.59 Å². The van der Waals surface area contributed by atoms with Gasteiger partial charge in [-0.1, -0.05) is 36.7 Å². The van der Waals surface area contributed by atoms with E-state index in [1.165, 1.54) is 7.11 Å². The monoisotopic (exact) mass is 376 g/mol. The van der Waals surface area contributed by atoms with Gasteiger partial charge in [0.15, 0.2) is 11.5 Å². The summed E-state index contributed by atoms with van der Waals surface area (Å²) in [6, 6.07) is 11.9. The highest BCUT2D eigenvalue weighted by Crippen LogP contribution is 2.28. The van der Waals surface area contributed by atoms with E-state index >= 15 is 0 Å². The van der Waals surface area contributed by atoms with Gasteiger partial charge in [0.1, 0.15) is 0 Å². The van der Waals surface area contributed by atoms with Crippen molar-refractivity contribution >= 4 is 23.4 Å². The van der Waals surface area contributed by atoms with Crippen LogP contribution in [0.5, 0.6) is 11.5 Å². The molecule has 0 aromatic heterocycles. The maximum absolute atomic E-state index is 12.2. The van der Waals surface area contributed by atoms with Crippen LogP contribution in [-0.2, 0) is 11.2 Å². The standard InChI is InChI=1S/C19H21ClN2O4/c1-3-10-26-16-9-8-14(11-17(16)25-2)19(24)22-21-18(23)12-13-6-4-5-7-15(13)20/h4-9,11H,3,10,12H2,1-2H3,(H,21,23)(H,22,24). The van der Waals surface area contributed by atoms with Gasteiger partial charge in [0.2, 0.25) is 5.91 Å². The van der Waals surface area contributed by atoms with Crippen molar-refractivity contribution in [1.82, 2.24) is 10.9 Å². The van der Waals surface area contributed by atoms with Crippen LogP contribution in [-0.4, -0.2) is 25.5 Å². The van der Waals surface area contributed by atoms with Gasteiger partial charge >= 0.3 is 0 Å². The first-order valence-electron chi connectivity index (χ1n) is 8.18. The lowest BCUT2D eigenvalue weighted by atomic mass is 10.1. The van der Waals surface area contributed by atoms with Crippen molar-refractivity contribution in [1.29, 1.82) is 0 Å². The quantitative estimate of drug-likeness (QED) is 0.728. The molecule has 0 bridgehead atoms. The van der Waals surface area contributed by atoms with Crippen LogP contribution in [0.3, 0.4) is 0 Å². The molecular formula is C19H21ClN2O4. The number of ether oxygens (including phenoxy) is 2. The number of hydrazine groups is 1. The van der Waals surface area contributed by atoms with E-state index in [2.05, 4.69) is 10.9 Å². The zero-order chi connectivity index (χ0) is 18.9. The number of carbonyl (C=O) groups is 2. The van der Waals surface area contributed by atoms with E-state index < -0.39 is 5.91 Å². The third-order valence-corrected chi connectivity index (χ3v) is 3.88. The van der Waals surface area contributed by atoms with Gasteiger partial charge in [-0.05, 0) is 36.2 Å². The molecule has 0 saturated carbocycles. The molecule has 7 heteroatoms. The smallest absolute Gasteiger partial charge is 0.269 e. The Kier molecular flexibility index (Phi) is 7.29. The summed E-state index contributed by atoms with van der Waals surface area (Å²) < 4.78 is 10.8. The van der Waals surface area contributed by atoms with Gasteiger partial charge in [-0.15, -0.1) is 0 Å². The maximum atomic E-state index is 12.2. The van der Waals surface area contributed by atoms with E-state index in [1.807, 2.05) is 6.92 Å². The van der Waals surface area contributed by atoms with E-state index in [0.29, 0.717) is 34.3 Å². The highest BCUT2D eigenvalue weighted by molar-refractivity contribution is 6.31. The number of hydrogen-bond donors (Lipinski definition) is 2. The Labute approximate surface area is 157 Å². The second-order valence-electron chi connectivity index (χ2n) is 5.48. The predicted octanol–water partition coefficient (Wildman–Crippen LogP) is 3.14. The minimum atomic E-state index is -0.460. The minimum Gasteiger partial charge on any atom is -0.493 e. The van der Waals surface area contributed by atoms with Crippen LogP contribution >= 0.6 is 11.6 Å². The lowest BCUT2D eigenvalue weighted by Crippen LogP contribution is -2.42. The van der Waals surface area contributed by atoms with Crippen LogP contribution in [0.25, 0.3) is 0 Å². The first kappa shape index (κ1) is 19.6. The normalized spacial score (nSPS) is 10.1. The molecule has 2 N–H and O–H groups in total. The van der Waals surface area contributed by atoms with Crippen molar-refractivity contribution in [2.45, 2.75) is 19.8 Å². The molecule has 138 valence electrons. The van der Waals surface area contributed by atoms with Crippen molar-refractivity contribution in [2.75, 3.05) is 13.7 Å². The van der Waals surface area contributed by atoms with E-state index in [0.717, 1.165) is 6.42 Å². The van der Waals surface area contributed by atoms with Gasteiger partial charge in [0, 0.05) is 10.6 Å². The Hall–Kier alpha value is -2.73. The molecule has 0 fully saturated rings. The zero-order valence-electron chi connectivity index (χ0n) is 14.7. The molecule has 0 saturated heterocycles. The summed E-state index contributed by atoms with van der Waals surface area (Å²) >= 11 is 6.02. The van der Waals surface area contributed by atoms with Crippen molar-refractivity contribution in [3.05, 3.63) is 58.6 Å². The summed E-state index contributed by atoms with van der Waals surface area (Å²) in [6.45, 7) is 2.56. The minimum absolute atomic E-state index is 0.0626. The molecule has 0 aliphatic heterocycles. The van der Waals surface area contributed by atoms with Crippen LogP contribution < -0.4 is 20.3 Å². The molecule has 0 aliphatic carbocycles. The van der Waals surface area contributed by atoms with Gasteiger partial charge in [-0.25, -0.2) is 0 Å². The van der Waals surface area contributed by atoms with Gasteiger partial charge in [-0.2, -0.15) is 0 Å². The topological polar surface area (TPSA) is 76.7 Å². The molecule has 2 aromatic carbocycles. The second-order valence-corrected chi connectivity index (χ2v) is 5.89. The SMILES string of the molecule is CCCOc1ccc(C(=O)NNC(=O)Cc2ccccc2Cl)cc1OC. The Morgan fingerprint density at radius 1 is 1.08 bits per heavy atom. The molecule has 26 heavy (non-hydrogen) atoms. The summed E-state index contributed by atoms with van der Waals surface area (Å²) in [6.07, 6.45) is 0.927. The first-order valence-corrected chi connectivity index (χ1v) is 8.56. The van der Waals surface area contributed by atoms with E-state index in [-0.39, 0.29) is 12.3 Å². The average molecular weight is 377 g/mol. The Morgan fingerprint density at radius 2 is 1.85 bits per heavy atom. The van der Waals surface area contributed by atoms with Crippen molar-refractivity contribution < 1.29 is 19.1 Å². The number of rotatable bonds is 7. The number of amides is 2. The fraction of sp³-hybridized carbons (Fsp3) is 0.263. The fourth-order valence-corrected chi connectivity index (χ4v) is 2.40. The summed E-state index contributed by atoms with van der Waals surface area (Å²) in [7, 11) is 1.50. The number of methoxy groups -OCH3 is 1. The third kappa shape index (κ3) is 5.39. The number of carbonyl (C=O) groups excluding carboxylic acids is 2. The van der Waals surface area contributed by atoms with Crippen molar-refractivity contribution in [3.8, 4) is 11.5 Å². The first-order chi connectivity index (χ1) is 12.5. The number of hydrogen-bond acceptors (Lipinski definition) is 4. The van der Waals surface area contributed by atoms with Crippen molar-refractivity contribution in [3.63, 3.8) is 0 Å². The Morgan fingerprint density at radius 3 is 2.54 bits per heavy atom. The van der Waals surface area contributed by atoms with E-state index in [4.69, 9.17) is 21.1 Å². The molecule has 0 aliphatic rings. The summed E-state index contributed by atoms with van der Waals surface area (Å²) in [5, 5.41) is 0.501. The van der Waals surface area contributed by atoms with E-state index in [1.54, 1.807) is 42.5 Å². The number of nitrogens with one attached hydrogen (secondary N) is 2.